The van der Waals surface area contributed by atoms with Gasteiger partial charge in [-0.2, -0.15) is 0 Å². The fourth-order valence-corrected chi connectivity index (χ4v) is 3.18. The Hall–Kier alpha value is -1.17. The number of carbonyl (C=O) groups excluding carboxylic acids is 2. The van der Waals surface area contributed by atoms with Gasteiger partial charge in [0.1, 0.15) is 6.04 Å². The average molecular weight is 349 g/mol. The van der Waals surface area contributed by atoms with Crippen molar-refractivity contribution in [3.05, 3.63) is 0 Å². The van der Waals surface area contributed by atoms with Crippen molar-refractivity contribution in [3.63, 3.8) is 0 Å². The van der Waals surface area contributed by atoms with Gasteiger partial charge in [-0.1, -0.05) is 6.92 Å². The second-order valence-corrected chi connectivity index (χ2v) is 7.47. The summed E-state index contributed by atoms with van der Waals surface area (Å²) in [6.45, 7) is 1.80. The fraction of sp³-hybridized carbons (Fsp3) is 0.833. The molecule has 0 aromatic carbocycles. The molecule has 2 unspecified atom stereocenters. The van der Waals surface area contributed by atoms with Gasteiger partial charge in [-0.25, -0.2) is 13.1 Å². The summed E-state index contributed by atoms with van der Waals surface area (Å²) in [5, 5.41) is 20.7. The van der Waals surface area contributed by atoms with Gasteiger partial charge in [-0.05, 0) is 25.7 Å². The van der Waals surface area contributed by atoms with Gasteiger partial charge in [-0.15, -0.1) is 0 Å². The monoisotopic (exact) mass is 349 g/mol. The predicted molar refractivity (Wildman–Crippen MR) is 84.6 cm³/mol. The minimum absolute atomic E-state index is 0.246. The SMILES string of the molecule is CCC(NC(=O)CN1CCCCC(NS(C)(=O)=O)C1=O)B(O)O. The Morgan fingerprint density at radius 3 is 2.61 bits per heavy atom. The number of amides is 2. The molecule has 4 N–H and O–H groups in total. The summed E-state index contributed by atoms with van der Waals surface area (Å²) in [5.41, 5.74) is 0. The lowest BCUT2D eigenvalue weighted by atomic mass is 9.78. The van der Waals surface area contributed by atoms with E-state index < -0.39 is 40.9 Å². The summed E-state index contributed by atoms with van der Waals surface area (Å²) in [6, 6.07) is -0.870. The maximum absolute atomic E-state index is 12.4. The van der Waals surface area contributed by atoms with Gasteiger partial charge in [0.05, 0.1) is 18.7 Å². The summed E-state index contributed by atoms with van der Waals surface area (Å²) >= 11 is 0. The second-order valence-electron chi connectivity index (χ2n) is 5.69. The van der Waals surface area contributed by atoms with Crippen LogP contribution in [0, 0.1) is 0 Å². The predicted octanol–water partition coefficient (Wildman–Crippen LogP) is -2.18. The van der Waals surface area contributed by atoms with E-state index in [-0.39, 0.29) is 6.54 Å². The fourth-order valence-electron chi connectivity index (χ4n) is 2.44. The van der Waals surface area contributed by atoms with E-state index in [1.54, 1.807) is 6.92 Å². The molecule has 1 rings (SSSR count). The molecule has 0 aliphatic carbocycles. The molecule has 9 nitrogen and oxygen atoms in total. The Balaban J connectivity index is 2.70. The van der Waals surface area contributed by atoms with E-state index in [9.17, 15) is 18.0 Å². The Morgan fingerprint density at radius 2 is 2.09 bits per heavy atom. The zero-order chi connectivity index (χ0) is 17.6. The lowest BCUT2D eigenvalue weighted by Gasteiger charge is -2.25. The molecule has 1 saturated heterocycles. The van der Waals surface area contributed by atoms with Crippen molar-refractivity contribution in [1.82, 2.24) is 14.9 Å². The van der Waals surface area contributed by atoms with Crippen molar-refractivity contribution in [2.75, 3.05) is 19.3 Å². The van der Waals surface area contributed by atoms with Gasteiger partial charge >= 0.3 is 7.12 Å². The first-order chi connectivity index (χ1) is 10.6. The summed E-state index contributed by atoms with van der Waals surface area (Å²) in [6.07, 6.45) is 3.04. The van der Waals surface area contributed by atoms with E-state index in [4.69, 9.17) is 10.0 Å². The van der Waals surface area contributed by atoms with Crippen LogP contribution in [-0.4, -0.2) is 73.6 Å². The van der Waals surface area contributed by atoms with Crippen LogP contribution in [0.25, 0.3) is 0 Å². The zero-order valence-corrected chi connectivity index (χ0v) is 14.2. The standard InChI is InChI=1S/C12H24BN3O6S/c1-3-10(13(19)20)14-11(17)8-16-7-5-4-6-9(12(16)18)15-23(2,21)22/h9-10,15,19-20H,3-8H2,1-2H3,(H,14,17). The smallest absolute Gasteiger partial charge is 0.426 e. The Morgan fingerprint density at radius 1 is 1.43 bits per heavy atom. The molecule has 2 atom stereocenters. The van der Waals surface area contributed by atoms with Crippen LogP contribution in [0.15, 0.2) is 0 Å². The molecular weight excluding hydrogens is 325 g/mol. The summed E-state index contributed by atoms with van der Waals surface area (Å²) in [7, 11) is -5.20. The molecule has 0 spiro atoms. The van der Waals surface area contributed by atoms with Crippen LogP contribution in [0.5, 0.6) is 0 Å². The second kappa shape index (κ2) is 8.62. The van der Waals surface area contributed by atoms with Crippen LogP contribution in [0.3, 0.4) is 0 Å². The number of sulfonamides is 1. The van der Waals surface area contributed by atoms with Gasteiger partial charge in [0.25, 0.3) is 0 Å². The number of hydrogen-bond donors (Lipinski definition) is 4. The molecule has 132 valence electrons. The normalized spacial score (nSPS) is 20.8. The highest BCUT2D eigenvalue weighted by Crippen LogP contribution is 2.13. The Bertz CT molecular complexity index is 527. The summed E-state index contributed by atoms with van der Waals surface area (Å²) < 4.78 is 24.9. The van der Waals surface area contributed by atoms with Crippen molar-refractivity contribution in [2.24, 2.45) is 0 Å². The third-order valence-electron chi connectivity index (χ3n) is 3.62. The van der Waals surface area contributed by atoms with Gasteiger partial charge in [0, 0.05) is 6.54 Å². The van der Waals surface area contributed by atoms with E-state index >= 15 is 0 Å². The van der Waals surface area contributed by atoms with Crippen molar-refractivity contribution in [2.45, 2.75) is 44.6 Å². The van der Waals surface area contributed by atoms with Crippen molar-refractivity contribution < 1.29 is 28.1 Å². The molecule has 1 aliphatic rings. The van der Waals surface area contributed by atoms with Crippen LogP contribution >= 0.6 is 0 Å². The van der Waals surface area contributed by atoms with Crippen LogP contribution in [0.4, 0.5) is 0 Å². The van der Waals surface area contributed by atoms with Gasteiger partial charge < -0.3 is 20.3 Å². The number of nitrogens with zero attached hydrogens (tertiary/aromatic N) is 1. The van der Waals surface area contributed by atoms with Crippen molar-refractivity contribution >= 4 is 29.0 Å². The molecule has 0 bridgehead atoms. The Kier molecular flexibility index (Phi) is 7.45. The summed E-state index contributed by atoms with van der Waals surface area (Å²) in [4.78, 5) is 25.6. The topological polar surface area (TPSA) is 136 Å². The molecular formula is C12H24BN3O6S. The first kappa shape index (κ1) is 19.9. The highest BCUT2D eigenvalue weighted by molar-refractivity contribution is 7.88. The average Bonchev–Trinajstić information content (AvgIpc) is 2.58. The molecule has 1 heterocycles. The van der Waals surface area contributed by atoms with Crippen molar-refractivity contribution in [3.8, 4) is 0 Å². The van der Waals surface area contributed by atoms with E-state index in [1.165, 1.54) is 4.90 Å². The van der Waals surface area contributed by atoms with Gasteiger partial charge in [0.2, 0.25) is 21.8 Å². The van der Waals surface area contributed by atoms with Crippen LogP contribution < -0.4 is 10.0 Å². The van der Waals surface area contributed by atoms with Crippen LogP contribution in [0.2, 0.25) is 0 Å². The number of hydrogen-bond acceptors (Lipinski definition) is 6. The van der Waals surface area contributed by atoms with E-state index in [0.717, 1.165) is 6.26 Å². The first-order valence-corrected chi connectivity index (χ1v) is 9.44. The highest BCUT2D eigenvalue weighted by atomic mass is 32.2. The molecule has 0 aromatic heterocycles. The first-order valence-electron chi connectivity index (χ1n) is 7.55. The maximum atomic E-state index is 12.4. The minimum atomic E-state index is -3.52. The molecule has 11 heteroatoms. The highest BCUT2D eigenvalue weighted by Gasteiger charge is 2.31. The van der Waals surface area contributed by atoms with Crippen LogP contribution in [0.1, 0.15) is 32.6 Å². The number of likely N-dealkylation sites (tertiary alicyclic amines) is 1. The third-order valence-corrected chi connectivity index (χ3v) is 4.33. The van der Waals surface area contributed by atoms with E-state index in [1.807, 2.05) is 0 Å². The molecule has 1 fully saturated rings. The van der Waals surface area contributed by atoms with Crippen molar-refractivity contribution in [1.29, 1.82) is 0 Å². The number of rotatable bonds is 7. The van der Waals surface area contributed by atoms with E-state index in [0.29, 0.717) is 32.2 Å². The maximum Gasteiger partial charge on any atom is 0.475 e. The minimum Gasteiger partial charge on any atom is -0.426 e. The quantitative estimate of drug-likeness (QED) is 0.386. The zero-order valence-electron chi connectivity index (χ0n) is 13.4. The molecule has 1 aliphatic heterocycles. The third kappa shape index (κ3) is 6.86. The number of carbonyl (C=O) groups is 2. The van der Waals surface area contributed by atoms with Gasteiger partial charge in [0.15, 0.2) is 0 Å². The Labute approximate surface area is 136 Å². The largest absolute Gasteiger partial charge is 0.475 e. The molecule has 0 aromatic rings. The van der Waals surface area contributed by atoms with Gasteiger partial charge in [-0.3, -0.25) is 9.59 Å². The molecule has 2 amide bonds. The van der Waals surface area contributed by atoms with E-state index in [2.05, 4.69) is 10.0 Å². The van der Waals surface area contributed by atoms with Crippen LogP contribution in [-0.2, 0) is 19.6 Å². The lowest BCUT2D eigenvalue weighted by Crippen LogP contribution is -2.52. The molecule has 23 heavy (non-hydrogen) atoms. The summed E-state index contributed by atoms with van der Waals surface area (Å²) in [5.74, 6) is -1.77. The molecule has 0 saturated carbocycles. The lowest BCUT2D eigenvalue weighted by molar-refractivity contribution is -0.137. The molecule has 0 radical (unpaired) electrons. The number of nitrogens with one attached hydrogen (secondary N) is 2.